The smallest absolute Gasteiger partial charge is 0.233 e. The van der Waals surface area contributed by atoms with Crippen LogP contribution in [0, 0.1) is 5.92 Å². The summed E-state index contributed by atoms with van der Waals surface area (Å²) in [5.74, 6) is -0.505. The molecule has 0 aliphatic carbocycles. The first kappa shape index (κ1) is 15.0. The summed E-state index contributed by atoms with van der Waals surface area (Å²) in [5, 5.41) is 4.45. The standard InChI is InChI=1S/C12H17NO3S2/c1-8(2)12(9(3)14)13-10(15)7-18(16)11-5-4-6-17-11/h4-6,8,12H,7H2,1-3H3,(H,13,15). The van der Waals surface area contributed by atoms with E-state index in [1.54, 1.807) is 12.1 Å². The lowest BCUT2D eigenvalue weighted by Crippen LogP contribution is -2.44. The third kappa shape index (κ3) is 4.34. The van der Waals surface area contributed by atoms with Crippen LogP contribution in [0.1, 0.15) is 20.8 Å². The lowest BCUT2D eigenvalue weighted by Gasteiger charge is -2.19. The molecule has 1 N–H and O–H groups in total. The number of amides is 1. The predicted molar refractivity (Wildman–Crippen MR) is 73.0 cm³/mol. The number of hydrogen-bond donors (Lipinski definition) is 1. The Bertz CT molecular complexity index is 440. The topological polar surface area (TPSA) is 63.2 Å². The Morgan fingerprint density at radius 3 is 2.56 bits per heavy atom. The minimum absolute atomic E-state index is 0.0293. The Morgan fingerprint density at radius 2 is 2.11 bits per heavy atom. The average Bonchev–Trinajstić information content (AvgIpc) is 2.78. The maximum Gasteiger partial charge on any atom is 0.233 e. The molecule has 4 nitrogen and oxygen atoms in total. The highest BCUT2D eigenvalue weighted by Crippen LogP contribution is 2.13. The van der Waals surface area contributed by atoms with Gasteiger partial charge in [-0.25, -0.2) is 0 Å². The van der Waals surface area contributed by atoms with Gasteiger partial charge in [-0.1, -0.05) is 19.9 Å². The zero-order valence-corrected chi connectivity index (χ0v) is 12.3. The van der Waals surface area contributed by atoms with E-state index in [1.807, 2.05) is 19.2 Å². The molecule has 0 aliphatic heterocycles. The van der Waals surface area contributed by atoms with Gasteiger partial charge in [0, 0.05) is 0 Å². The highest BCUT2D eigenvalue weighted by Gasteiger charge is 2.21. The maximum atomic E-state index is 11.8. The van der Waals surface area contributed by atoms with Gasteiger partial charge in [-0.2, -0.15) is 0 Å². The van der Waals surface area contributed by atoms with Crippen LogP contribution in [0.25, 0.3) is 0 Å². The summed E-state index contributed by atoms with van der Waals surface area (Å²) in [7, 11) is -1.33. The van der Waals surface area contributed by atoms with Crippen LogP contribution in [-0.2, 0) is 20.4 Å². The molecule has 0 spiro atoms. The van der Waals surface area contributed by atoms with Crippen LogP contribution in [-0.4, -0.2) is 27.7 Å². The van der Waals surface area contributed by atoms with Gasteiger partial charge in [0.25, 0.3) is 0 Å². The van der Waals surface area contributed by atoms with Gasteiger partial charge in [-0.05, 0) is 24.3 Å². The highest BCUT2D eigenvalue weighted by molar-refractivity contribution is 7.88. The van der Waals surface area contributed by atoms with E-state index in [2.05, 4.69) is 5.32 Å². The Labute approximate surface area is 113 Å². The lowest BCUT2D eigenvalue weighted by molar-refractivity contribution is -0.126. The van der Waals surface area contributed by atoms with Crippen molar-refractivity contribution in [3.8, 4) is 0 Å². The quantitative estimate of drug-likeness (QED) is 0.864. The Kier molecular flexibility index (Phi) is 5.68. The summed E-state index contributed by atoms with van der Waals surface area (Å²) in [6.45, 7) is 5.17. The van der Waals surface area contributed by atoms with E-state index in [-0.39, 0.29) is 23.4 Å². The van der Waals surface area contributed by atoms with Gasteiger partial charge in [-0.3, -0.25) is 13.8 Å². The van der Waals surface area contributed by atoms with Crippen molar-refractivity contribution in [2.24, 2.45) is 5.92 Å². The third-order valence-electron chi connectivity index (χ3n) is 2.40. The van der Waals surface area contributed by atoms with Gasteiger partial charge >= 0.3 is 0 Å². The summed E-state index contributed by atoms with van der Waals surface area (Å²) in [6, 6.07) is 3.03. The molecule has 1 heterocycles. The van der Waals surface area contributed by atoms with Crippen LogP contribution in [0.2, 0.25) is 0 Å². The summed E-state index contributed by atoms with van der Waals surface area (Å²) in [4.78, 5) is 23.1. The van der Waals surface area contributed by atoms with E-state index in [1.165, 1.54) is 18.3 Å². The molecular weight excluding hydrogens is 270 g/mol. The molecule has 1 aromatic heterocycles. The molecule has 0 fully saturated rings. The summed E-state index contributed by atoms with van der Waals surface area (Å²) in [5.41, 5.74) is 0. The van der Waals surface area contributed by atoms with E-state index in [0.29, 0.717) is 4.21 Å². The fourth-order valence-electron chi connectivity index (χ4n) is 1.54. The fourth-order valence-corrected chi connectivity index (χ4v) is 3.45. The lowest BCUT2D eigenvalue weighted by atomic mass is 10.0. The van der Waals surface area contributed by atoms with Crippen molar-refractivity contribution in [1.82, 2.24) is 5.32 Å². The molecule has 2 atom stereocenters. The number of thiophene rings is 1. The van der Waals surface area contributed by atoms with Gasteiger partial charge in [0.1, 0.15) is 5.75 Å². The molecule has 0 saturated heterocycles. The van der Waals surface area contributed by atoms with Crippen LogP contribution in [0.3, 0.4) is 0 Å². The van der Waals surface area contributed by atoms with Gasteiger partial charge in [0.15, 0.2) is 5.78 Å². The highest BCUT2D eigenvalue weighted by atomic mass is 32.2. The van der Waals surface area contributed by atoms with Crippen LogP contribution in [0.4, 0.5) is 0 Å². The van der Waals surface area contributed by atoms with Crippen LogP contribution in [0.5, 0.6) is 0 Å². The van der Waals surface area contributed by atoms with Crippen molar-refractivity contribution in [2.75, 3.05) is 5.75 Å². The molecule has 0 aromatic carbocycles. The third-order valence-corrected chi connectivity index (χ3v) is 5.02. The van der Waals surface area contributed by atoms with Crippen molar-refractivity contribution >= 4 is 33.8 Å². The molecule has 1 rings (SSSR count). The van der Waals surface area contributed by atoms with Crippen molar-refractivity contribution in [2.45, 2.75) is 31.0 Å². The number of nitrogens with one attached hydrogen (secondary N) is 1. The van der Waals surface area contributed by atoms with Gasteiger partial charge < -0.3 is 5.32 Å². The summed E-state index contributed by atoms with van der Waals surface area (Å²) < 4.78 is 12.5. The normalized spacial score (nSPS) is 14.2. The van der Waals surface area contributed by atoms with Gasteiger partial charge in [0.2, 0.25) is 5.91 Å². The maximum absolute atomic E-state index is 11.8. The van der Waals surface area contributed by atoms with Crippen molar-refractivity contribution < 1.29 is 13.8 Å². The van der Waals surface area contributed by atoms with Crippen LogP contribution < -0.4 is 5.32 Å². The zero-order valence-electron chi connectivity index (χ0n) is 10.6. The second-order valence-corrected chi connectivity index (χ2v) is 6.95. The molecular formula is C12H17NO3S2. The molecule has 1 amide bonds. The van der Waals surface area contributed by atoms with Crippen LogP contribution >= 0.6 is 11.3 Å². The molecule has 100 valence electrons. The number of ketones is 1. The second kappa shape index (κ2) is 6.80. The molecule has 2 unspecified atom stereocenters. The van der Waals surface area contributed by atoms with Crippen molar-refractivity contribution in [1.29, 1.82) is 0 Å². The first-order valence-electron chi connectivity index (χ1n) is 5.63. The average molecular weight is 287 g/mol. The van der Waals surface area contributed by atoms with Gasteiger partial charge in [-0.15, -0.1) is 11.3 Å². The van der Waals surface area contributed by atoms with Gasteiger partial charge in [0.05, 0.1) is 21.1 Å². The summed E-state index contributed by atoms with van der Waals surface area (Å²) >= 11 is 1.36. The zero-order chi connectivity index (χ0) is 13.7. The molecule has 1 aromatic rings. The fraction of sp³-hybridized carbons (Fsp3) is 0.500. The van der Waals surface area contributed by atoms with E-state index < -0.39 is 16.8 Å². The van der Waals surface area contributed by atoms with Crippen molar-refractivity contribution in [3.05, 3.63) is 17.5 Å². The monoisotopic (exact) mass is 287 g/mol. The second-order valence-electron chi connectivity index (χ2n) is 4.32. The number of Topliss-reactive ketones (excluding diaryl/α,β-unsaturated/α-hetero) is 1. The van der Waals surface area contributed by atoms with E-state index in [4.69, 9.17) is 0 Å². The molecule has 0 bridgehead atoms. The Morgan fingerprint density at radius 1 is 1.44 bits per heavy atom. The molecule has 18 heavy (non-hydrogen) atoms. The van der Waals surface area contributed by atoms with E-state index >= 15 is 0 Å². The van der Waals surface area contributed by atoms with E-state index in [0.717, 1.165) is 0 Å². The molecule has 6 heteroatoms. The number of carbonyl (C=O) groups is 2. The minimum atomic E-state index is -1.33. The SMILES string of the molecule is CC(=O)C(NC(=O)CS(=O)c1cccs1)C(C)C. The number of carbonyl (C=O) groups excluding carboxylic acids is 2. The minimum Gasteiger partial charge on any atom is -0.345 e. The first-order valence-corrected chi connectivity index (χ1v) is 7.83. The molecule has 0 radical (unpaired) electrons. The predicted octanol–water partition coefficient (Wildman–Crippen LogP) is 1.59. The summed E-state index contributed by atoms with van der Waals surface area (Å²) in [6.07, 6.45) is 0. The van der Waals surface area contributed by atoms with Crippen molar-refractivity contribution in [3.63, 3.8) is 0 Å². The molecule has 0 aliphatic rings. The largest absolute Gasteiger partial charge is 0.345 e. The molecule has 0 saturated carbocycles. The first-order chi connectivity index (χ1) is 8.41. The Balaban J connectivity index is 2.56. The number of hydrogen-bond acceptors (Lipinski definition) is 4. The van der Waals surface area contributed by atoms with E-state index in [9.17, 15) is 13.8 Å². The number of rotatable bonds is 6. The van der Waals surface area contributed by atoms with Crippen LogP contribution in [0.15, 0.2) is 21.7 Å². The Hall–Kier alpha value is -1.01.